The van der Waals surface area contributed by atoms with Crippen LogP contribution in [0.2, 0.25) is 0 Å². The average Bonchev–Trinajstić information content (AvgIpc) is 3.08. The molecule has 0 bridgehead atoms. The van der Waals surface area contributed by atoms with Crippen molar-refractivity contribution in [1.82, 2.24) is 0 Å². The molecule has 0 amide bonds. The van der Waals surface area contributed by atoms with Gasteiger partial charge in [-0.2, -0.15) is 0 Å². The SMILES string of the molecule is CSc1ccc(CNc2cccc(N3CCCC3)c2)cc1. The number of nitrogens with zero attached hydrogens (tertiary/aromatic N) is 1. The first-order valence-electron chi connectivity index (χ1n) is 7.57. The fourth-order valence-electron chi connectivity index (χ4n) is 2.74. The molecule has 0 aromatic heterocycles. The van der Waals surface area contributed by atoms with Crippen molar-refractivity contribution in [3.05, 3.63) is 54.1 Å². The Morgan fingerprint density at radius 1 is 1.05 bits per heavy atom. The topological polar surface area (TPSA) is 15.3 Å². The molecule has 1 saturated heterocycles. The van der Waals surface area contributed by atoms with Crippen LogP contribution in [0.1, 0.15) is 18.4 Å². The van der Waals surface area contributed by atoms with Gasteiger partial charge in [0.1, 0.15) is 0 Å². The van der Waals surface area contributed by atoms with Gasteiger partial charge >= 0.3 is 0 Å². The summed E-state index contributed by atoms with van der Waals surface area (Å²) in [7, 11) is 0. The van der Waals surface area contributed by atoms with Gasteiger partial charge in [-0.1, -0.05) is 18.2 Å². The lowest BCUT2D eigenvalue weighted by molar-refractivity contribution is 0.949. The van der Waals surface area contributed by atoms with Crippen LogP contribution in [0.25, 0.3) is 0 Å². The van der Waals surface area contributed by atoms with Crippen molar-refractivity contribution in [2.75, 3.05) is 29.6 Å². The highest BCUT2D eigenvalue weighted by Crippen LogP contribution is 2.23. The number of thioether (sulfide) groups is 1. The van der Waals surface area contributed by atoms with Crippen molar-refractivity contribution < 1.29 is 0 Å². The molecule has 2 aromatic rings. The van der Waals surface area contributed by atoms with Gasteiger partial charge in [0.05, 0.1) is 0 Å². The van der Waals surface area contributed by atoms with Gasteiger partial charge in [0.15, 0.2) is 0 Å². The van der Waals surface area contributed by atoms with Crippen molar-refractivity contribution in [1.29, 1.82) is 0 Å². The Balaban J connectivity index is 1.62. The highest BCUT2D eigenvalue weighted by atomic mass is 32.2. The predicted molar refractivity (Wildman–Crippen MR) is 93.4 cm³/mol. The van der Waals surface area contributed by atoms with Crippen molar-refractivity contribution in [3.8, 4) is 0 Å². The van der Waals surface area contributed by atoms with Gasteiger partial charge in [0.2, 0.25) is 0 Å². The van der Waals surface area contributed by atoms with E-state index in [2.05, 4.69) is 65.0 Å². The van der Waals surface area contributed by atoms with Crippen LogP contribution in [-0.2, 0) is 6.54 Å². The zero-order chi connectivity index (χ0) is 14.5. The number of rotatable bonds is 5. The van der Waals surface area contributed by atoms with E-state index in [0.29, 0.717) is 0 Å². The van der Waals surface area contributed by atoms with E-state index >= 15 is 0 Å². The second-order valence-electron chi connectivity index (χ2n) is 5.45. The van der Waals surface area contributed by atoms with E-state index in [4.69, 9.17) is 0 Å². The molecular weight excluding hydrogens is 276 g/mol. The van der Waals surface area contributed by atoms with Crippen LogP contribution < -0.4 is 10.2 Å². The lowest BCUT2D eigenvalue weighted by atomic mass is 10.2. The summed E-state index contributed by atoms with van der Waals surface area (Å²) in [5, 5.41) is 3.53. The van der Waals surface area contributed by atoms with Gasteiger partial charge < -0.3 is 10.2 Å². The maximum absolute atomic E-state index is 3.53. The highest BCUT2D eigenvalue weighted by Gasteiger charge is 2.12. The largest absolute Gasteiger partial charge is 0.381 e. The summed E-state index contributed by atoms with van der Waals surface area (Å²) in [6, 6.07) is 17.5. The molecule has 1 heterocycles. The van der Waals surface area contributed by atoms with E-state index in [-0.39, 0.29) is 0 Å². The van der Waals surface area contributed by atoms with Gasteiger partial charge in [-0.25, -0.2) is 0 Å². The summed E-state index contributed by atoms with van der Waals surface area (Å²) in [6.07, 6.45) is 4.75. The standard InChI is InChI=1S/C18H22N2S/c1-21-18-9-7-15(8-10-18)14-19-16-5-4-6-17(13-16)20-11-2-3-12-20/h4-10,13,19H,2-3,11-12,14H2,1H3. The Morgan fingerprint density at radius 3 is 2.52 bits per heavy atom. The van der Waals surface area contributed by atoms with Gasteiger partial charge in [-0.15, -0.1) is 11.8 Å². The van der Waals surface area contributed by atoms with E-state index < -0.39 is 0 Å². The first-order valence-corrected chi connectivity index (χ1v) is 8.79. The molecule has 1 aliphatic rings. The van der Waals surface area contributed by atoms with E-state index in [1.165, 1.54) is 47.8 Å². The quantitative estimate of drug-likeness (QED) is 0.811. The van der Waals surface area contributed by atoms with E-state index in [0.717, 1.165) is 6.54 Å². The molecule has 2 aromatic carbocycles. The third-order valence-corrected chi connectivity index (χ3v) is 4.72. The number of benzene rings is 2. The molecule has 110 valence electrons. The predicted octanol–water partition coefficient (Wildman–Crippen LogP) is 4.62. The fourth-order valence-corrected chi connectivity index (χ4v) is 3.14. The molecule has 21 heavy (non-hydrogen) atoms. The molecule has 2 nitrogen and oxygen atoms in total. The number of anilines is 2. The molecule has 3 rings (SSSR count). The summed E-state index contributed by atoms with van der Waals surface area (Å²) < 4.78 is 0. The lowest BCUT2D eigenvalue weighted by Gasteiger charge is -2.18. The third kappa shape index (κ3) is 3.73. The van der Waals surface area contributed by atoms with Crippen LogP contribution in [0.3, 0.4) is 0 Å². The Morgan fingerprint density at radius 2 is 1.81 bits per heavy atom. The first-order chi connectivity index (χ1) is 10.3. The zero-order valence-electron chi connectivity index (χ0n) is 12.5. The summed E-state index contributed by atoms with van der Waals surface area (Å²) in [5.41, 5.74) is 3.86. The molecule has 0 radical (unpaired) electrons. The van der Waals surface area contributed by atoms with Crippen molar-refractivity contribution >= 4 is 23.1 Å². The molecular formula is C18H22N2S. The van der Waals surface area contributed by atoms with Crippen LogP contribution in [0.5, 0.6) is 0 Å². The minimum atomic E-state index is 0.873. The van der Waals surface area contributed by atoms with E-state index in [1.807, 2.05) is 0 Å². The Kier molecular flexibility index (Phi) is 4.71. The molecule has 1 fully saturated rings. The molecule has 3 heteroatoms. The first kappa shape index (κ1) is 14.3. The molecule has 0 aliphatic carbocycles. The second kappa shape index (κ2) is 6.90. The second-order valence-corrected chi connectivity index (χ2v) is 6.33. The van der Waals surface area contributed by atoms with Gasteiger partial charge in [0, 0.05) is 35.9 Å². The minimum Gasteiger partial charge on any atom is -0.381 e. The summed E-state index contributed by atoms with van der Waals surface area (Å²) in [5.74, 6) is 0. The Bertz CT molecular complexity index is 574. The maximum atomic E-state index is 3.53. The molecule has 0 unspecified atom stereocenters. The fraction of sp³-hybridized carbons (Fsp3) is 0.333. The van der Waals surface area contributed by atoms with Crippen molar-refractivity contribution in [2.24, 2.45) is 0 Å². The summed E-state index contributed by atoms with van der Waals surface area (Å²) in [6.45, 7) is 3.26. The van der Waals surface area contributed by atoms with Gasteiger partial charge in [-0.3, -0.25) is 0 Å². The minimum absolute atomic E-state index is 0.873. The zero-order valence-corrected chi connectivity index (χ0v) is 13.3. The molecule has 1 N–H and O–H groups in total. The monoisotopic (exact) mass is 298 g/mol. The third-order valence-electron chi connectivity index (χ3n) is 3.97. The van der Waals surface area contributed by atoms with Crippen LogP contribution in [0.15, 0.2) is 53.4 Å². The van der Waals surface area contributed by atoms with E-state index in [9.17, 15) is 0 Å². The Labute approximate surface area is 131 Å². The van der Waals surface area contributed by atoms with Crippen LogP contribution in [-0.4, -0.2) is 19.3 Å². The average molecular weight is 298 g/mol. The van der Waals surface area contributed by atoms with Gasteiger partial charge in [0.25, 0.3) is 0 Å². The Hall–Kier alpha value is -1.61. The van der Waals surface area contributed by atoms with E-state index in [1.54, 1.807) is 11.8 Å². The summed E-state index contributed by atoms with van der Waals surface area (Å²) >= 11 is 1.78. The molecule has 0 atom stereocenters. The highest BCUT2D eigenvalue weighted by molar-refractivity contribution is 7.98. The van der Waals surface area contributed by atoms with Crippen LogP contribution >= 0.6 is 11.8 Å². The molecule has 1 aliphatic heterocycles. The van der Waals surface area contributed by atoms with Crippen LogP contribution in [0, 0.1) is 0 Å². The molecule has 0 spiro atoms. The van der Waals surface area contributed by atoms with Crippen molar-refractivity contribution in [2.45, 2.75) is 24.3 Å². The summed E-state index contributed by atoms with van der Waals surface area (Å²) in [4.78, 5) is 3.79. The van der Waals surface area contributed by atoms with Crippen molar-refractivity contribution in [3.63, 3.8) is 0 Å². The normalized spacial score (nSPS) is 14.4. The smallest absolute Gasteiger partial charge is 0.0400 e. The van der Waals surface area contributed by atoms with Crippen LogP contribution in [0.4, 0.5) is 11.4 Å². The maximum Gasteiger partial charge on any atom is 0.0400 e. The number of hydrogen-bond acceptors (Lipinski definition) is 3. The lowest BCUT2D eigenvalue weighted by Crippen LogP contribution is -2.17. The number of hydrogen-bond donors (Lipinski definition) is 1. The number of nitrogens with one attached hydrogen (secondary N) is 1. The van der Waals surface area contributed by atoms with Gasteiger partial charge in [-0.05, 0) is 55.0 Å². The molecule has 0 saturated carbocycles.